The monoisotopic (exact) mass is 474 g/mol. The maximum absolute atomic E-state index is 12.6. The summed E-state index contributed by atoms with van der Waals surface area (Å²) in [6.45, 7) is 8.96. The van der Waals surface area contributed by atoms with Gasteiger partial charge in [-0.1, -0.05) is 154 Å². The minimum atomic E-state index is 0.229. The summed E-state index contributed by atoms with van der Waals surface area (Å²) in [6, 6.07) is 0. The maximum Gasteiger partial charge on any atom is 0.178 e. The number of carbonyl (C=O) groups is 1. The van der Waals surface area contributed by atoms with Crippen LogP contribution < -0.4 is 0 Å². The highest BCUT2D eigenvalue weighted by Gasteiger charge is 2.03. The second-order valence-corrected chi connectivity index (χ2v) is 10.6. The number of hydrogen-bond acceptors (Lipinski definition) is 1. The lowest BCUT2D eigenvalue weighted by Crippen LogP contribution is -1.95. The van der Waals surface area contributed by atoms with Crippen molar-refractivity contribution < 1.29 is 4.79 Å². The van der Waals surface area contributed by atoms with E-state index in [1.807, 2.05) is 12.2 Å². The summed E-state index contributed by atoms with van der Waals surface area (Å²) < 4.78 is 0. The minimum absolute atomic E-state index is 0.229. The van der Waals surface area contributed by atoms with E-state index in [1.165, 1.54) is 140 Å². The van der Waals surface area contributed by atoms with Gasteiger partial charge in [0.05, 0.1) is 0 Å². The summed E-state index contributed by atoms with van der Waals surface area (Å²) in [5, 5.41) is 0. The fourth-order valence-electron chi connectivity index (χ4n) is 4.83. The summed E-state index contributed by atoms with van der Waals surface area (Å²) in [6.07, 6.45) is 35.5. The van der Waals surface area contributed by atoms with Crippen LogP contribution in [0, 0.1) is 0 Å². The zero-order chi connectivity index (χ0) is 25.1. The molecule has 0 unspecified atom stereocenters. The Morgan fingerprint density at radius 2 is 0.676 bits per heavy atom. The van der Waals surface area contributed by atoms with Crippen molar-refractivity contribution >= 4 is 5.78 Å². The van der Waals surface area contributed by atoms with Gasteiger partial charge in [-0.3, -0.25) is 4.79 Å². The zero-order valence-corrected chi connectivity index (χ0v) is 24.0. The smallest absolute Gasteiger partial charge is 0.178 e. The van der Waals surface area contributed by atoms with Gasteiger partial charge in [-0.25, -0.2) is 0 Å². The largest absolute Gasteiger partial charge is 0.290 e. The van der Waals surface area contributed by atoms with Crippen LogP contribution in [0.4, 0.5) is 0 Å². The first-order chi connectivity index (χ1) is 16.7. The van der Waals surface area contributed by atoms with Crippen molar-refractivity contribution in [3.63, 3.8) is 0 Å². The molecule has 0 bridgehead atoms. The quantitative estimate of drug-likeness (QED) is 0.0899. The highest BCUT2D eigenvalue weighted by molar-refractivity contribution is 6.00. The Hall–Kier alpha value is -0.850. The molecular formula is C33H62O. The summed E-state index contributed by atoms with van der Waals surface area (Å²) in [5.74, 6) is 0.229. The van der Waals surface area contributed by atoms with E-state index < -0.39 is 0 Å². The molecule has 0 heterocycles. The summed E-state index contributed by atoms with van der Waals surface area (Å²) in [5.41, 5.74) is 2.69. The molecule has 0 saturated heterocycles. The van der Waals surface area contributed by atoms with Crippen LogP contribution in [0.2, 0.25) is 0 Å². The average molecular weight is 475 g/mol. The molecule has 34 heavy (non-hydrogen) atoms. The third-order valence-electron chi connectivity index (χ3n) is 7.30. The molecule has 1 heteroatoms. The van der Waals surface area contributed by atoms with Crippen LogP contribution in [0.1, 0.15) is 182 Å². The lowest BCUT2D eigenvalue weighted by Gasteiger charge is -2.06. The highest BCUT2D eigenvalue weighted by atomic mass is 16.1. The van der Waals surface area contributed by atoms with Crippen molar-refractivity contribution in [1.29, 1.82) is 0 Å². The van der Waals surface area contributed by atoms with Crippen LogP contribution in [0.25, 0.3) is 0 Å². The lowest BCUT2D eigenvalue weighted by atomic mass is 9.99. The Labute approximate surface area is 215 Å². The molecule has 0 aromatic carbocycles. The van der Waals surface area contributed by atoms with Crippen molar-refractivity contribution in [2.45, 2.75) is 182 Å². The van der Waals surface area contributed by atoms with Crippen LogP contribution in [0.15, 0.2) is 23.3 Å². The molecule has 0 rings (SSSR count). The third kappa shape index (κ3) is 22.9. The van der Waals surface area contributed by atoms with Crippen LogP contribution in [-0.4, -0.2) is 5.78 Å². The molecule has 0 radical (unpaired) electrons. The molecule has 200 valence electrons. The predicted octanol–water partition coefficient (Wildman–Crippen LogP) is 11.9. The fourth-order valence-corrected chi connectivity index (χ4v) is 4.83. The second kappa shape index (κ2) is 26.7. The first-order valence-electron chi connectivity index (χ1n) is 15.6. The molecule has 0 aliphatic heterocycles. The summed E-state index contributed by atoms with van der Waals surface area (Å²) in [4.78, 5) is 12.6. The van der Waals surface area contributed by atoms with E-state index in [2.05, 4.69) is 27.7 Å². The lowest BCUT2D eigenvalue weighted by molar-refractivity contribution is -0.110. The Bertz CT molecular complexity index is 455. The van der Waals surface area contributed by atoms with Crippen LogP contribution in [0.5, 0.6) is 0 Å². The van der Waals surface area contributed by atoms with Crippen LogP contribution in [0.3, 0.4) is 0 Å². The van der Waals surface area contributed by atoms with Gasteiger partial charge in [0.2, 0.25) is 0 Å². The molecular weight excluding hydrogens is 412 g/mol. The van der Waals surface area contributed by atoms with Crippen molar-refractivity contribution in [3.05, 3.63) is 23.3 Å². The Kier molecular flexibility index (Phi) is 26.1. The molecule has 0 spiro atoms. The van der Waals surface area contributed by atoms with Gasteiger partial charge >= 0.3 is 0 Å². The average Bonchev–Trinajstić information content (AvgIpc) is 2.84. The standard InChI is InChI=1S/C33H62O/c1-5-9-11-13-15-17-19-21-23-25-27-31(7-3)29-33(34)30-32(8-4)28-26-24-22-20-18-16-14-12-10-6-2/h29-30H,5-28H2,1-4H3. The van der Waals surface area contributed by atoms with Gasteiger partial charge in [-0.05, 0) is 50.7 Å². The predicted molar refractivity (Wildman–Crippen MR) is 155 cm³/mol. The van der Waals surface area contributed by atoms with Crippen molar-refractivity contribution in [2.24, 2.45) is 0 Å². The SMILES string of the molecule is CCCCCCCCCCCCC(=CC(=O)C=C(CC)CCCCCCCCCCCC)CC. The number of carbonyl (C=O) groups excluding carboxylic acids is 1. The van der Waals surface area contributed by atoms with E-state index in [9.17, 15) is 4.79 Å². The first kappa shape index (κ1) is 33.1. The third-order valence-corrected chi connectivity index (χ3v) is 7.30. The molecule has 0 aromatic rings. The van der Waals surface area contributed by atoms with E-state index in [4.69, 9.17) is 0 Å². The van der Waals surface area contributed by atoms with Gasteiger partial charge in [0.15, 0.2) is 5.78 Å². The number of allylic oxidation sites excluding steroid dienone is 4. The summed E-state index contributed by atoms with van der Waals surface area (Å²) >= 11 is 0. The molecule has 0 saturated carbocycles. The van der Waals surface area contributed by atoms with E-state index >= 15 is 0 Å². The number of unbranched alkanes of at least 4 members (excludes halogenated alkanes) is 18. The first-order valence-corrected chi connectivity index (χ1v) is 15.6. The minimum Gasteiger partial charge on any atom is -0.290 e. The van der Waals surface area contributed by atoms with E-state index in [0.717, 1.165) is 25.7 Å². The molecule has 1 nitrogen and oxygen atoms in total. The molecule has 0 atom stereocenters. The number of rotatable bonds is 26. The topological polar surface area (TPSA) is 17.1 Å². The van der Waals surface area contributed by atoms with Crippen molar-refractivity contribution in [3.8, 4) is 0 Å². The van der Waals surface area contributed by atoms with Gasteiger partial charge in [-0.2, -0.15) is 0 Å². The molecule has 0 aliphatic carbocycles. The van der Waals surface area contributed by atoms with E-state index in [1.54, 1.807) is 0 Å². The maximum atomic E-state index is 12.6. The van der Waals surface area contributed by atoms with E-state index in [0.29, 0.717) is 0 Å². The van der Waals surface area contributed by atoms with Gasteiger partial charge < -0.3 is 0 Å². The highest BCUT2D eigenvalue weighted by Crippen LogP contribution is 2.18. The fraction of sp³-hybridized carbons (Fsp3) is 0.848. The Balaban J connectivity index is 3.97. The molecule has 0 aromatic heterocycles. The summed E-state index contributed by atoms with van der Waals surface area (Å²) in [7, 11) is 0. The van der Waals surface area contributed by atoms with Gasteiger partial charge in [0, 0.05) is 0 Å². The van der Waals surface area contributed by atoms with Crippen LogP contribution >= 0.6 is 0 Å². The second-order valence-electron chi connectivity index (χ2n) is 10.6. The van der Waals surface area contributed by atoms with Crippen molar-refractivity contribution in [2.75, 3.05) is 0 Å². The van der Waals surface area contributed by atoms with Crippen molar-refractivity contribution in [1.82, 2.24) is 0 Å². The molecule has 0 amide bonds. The Morgan fingerprint density at radius 3 is 0.941 bits per heavy atom. The van der Waals surface area contributed by atoms with Crippen LogP contribution in [-0.2, 0) is 4.79 Å². The normalized spacial score (nSPS) is 12.5. The number of ketones is 1. The molecule has 0 aliphatic rings. The molecule has 0 N–H and O–H groups in total. The van der Waals surface area contributed by atoms with Gasteiger partial charge in [-0.15, -0.1) is 0 Å². The Morgan fingerprint density at radius 1 is 0.412 bits per heavy atom. The number of hydrogen-bond donors (Lipinski definition) is 0. The van der Waals surface area contributed by atoms with Gasteiger partial charge in [0.1, 0.15) is 0 Å². The van der Waals surface area contributed by atoms with E-state index in [-0.39, 0.29) is 5.78 Å². The van der Waals surface area contributed by atoms with Gasteiger partial charge in [0.25, 0.3) is 0 Å². The molecule has 0 fully saturated rings. The zero-order valence-electron chi connectivity index (χ0n) is 24.0.